The van der Waals surface area contributed by atoms with E-state index >= 15 is 0 Å². The van der Waals surface area contributed by atoms with Gasteiger partial charge in [0.15, 0.2) is 5.82 Å². The predicted octanol–water partition coefficient (Wildman–Crippen LogP) is 2.00. The van der Waals surface area contributed by atoms with E-state index in [9.17, 15) is 4.79 Å². The van der Waals surface area contributed by atoms with Crippen LogP contribution in [0.5, 0.6) is 0 Å². The Hall–Kier alpha value is -1.43. The first kappa shape index (κ1) is 11.1. The fraction of sp³-hybridized carbons (Fsp3) is 0.500. The molecule has 0 aliphatic carbocycles. The van der Waals surface area contributed by atoms with Crippen LogP contribution < -0.4 is 0 Å². The van der Waals surface area contributed by atoms with E-state index in [2.05, 4.69) is 23.9 Å². The highest BCUT2D eigenvalue weighted by molar-refractivity contribution is 7.18. The van der Waals surface area contributed by atoms with Crippen LogP contribution in [-0.2, 0) is 6.42 Å². The molecule has 6 heteroatoms. The lowest BCUT2D eigenvalue weighted by atomic mass is 10.1. The number of aromatic carboxylic acids is 1. The number of hydrogen-bond acceptors (Lipinski definition) is 4. The molecule has 1 N–H and O–H groups in total. The molecule has 0 atom stereocenters. The molecule has 2 rings (SSSR count). The van der Waals surface area contributed by atoms with Crippen molar-refractivity contribution in [1.82, 2.24) is 14.6 Å². The number of carboxylic acids is 1. The molecule has 2 aromatic rings. The number of thiazole rings is 1. The first-order valence-electron chi connectivity index (χ1n) is 5.07. The minimum atomic E-state index is -0.916. The molecule has 2 heterocycles. The molecule has 0 aliphatic heterocycles. The summed E-state index contributed by atoms with van der Waals surface area (Å²) in [6.07, 6.45) is 0.816. The Morgan fingerprint density at radius 2 is 2.25 bits per heavy atom. The van der Waals surface area contributed by atoms with E-state index in [1.54, 1.807) is 11.4 Å². The second-order valence-corrected chi connectivity index (χ2v) is 5.12. The van der Waals surface area contributed by atoms with Crippen LogP contribution in [0.25, 0.3) is 4.96 Å². The SMILES string of the molecule is Cc1c(C(=O)O)sc2nc(CC(C)C)nn12. The van der Waals surface area contributed by atoms with Gasteiger partial charge in [-0.2, -0.15) is 5.10 Å². The highest BCUT2D eigenvalue weighted by Crippen LogP contribution is 2.21. The Balaban J connectivity index is 2.46. The average molecular weight is 239 g/mol. The van der Waals surface area contributed by atoms with Gasteiger partial charge in [0, 0.05) is 6.42 Å². The van der Waals surface area contributed by atoms with Crippen molar-refractivity contribution in [2.45, 2.75) is 27.2 Å². The second kappa shape index (κ2) is 3.86. The van der Waals surface area contributed by atoms with Crippen LogP contribution in [0.3, 0.4) is 0 Å². The van der Waals surface area contributed by atoms with Crippen molar-refractivity contribution < 1.29 is 9.90 Å². The van der Waals surface area contributed by atoms with E-state index < -0.39 is 5.97 Å². The monoisotopic (exact) mass is 239 g/mol. The highest BCUT2D eigenvalue weighted by atomic mass is 32.1. The molecule has 0 saturated heterocycles. The largest absolute Gasteiger partial charge is 0.477 e. The molecule has 16 heavy (non-hydrogen) atoms. The minimum absolute atomic E-state index is 0.311. The number of aryl methyl sites for hydroxylation is 1. The van der Waals surface area contributed by atoms with Crippen LogP contribution in [-0.4, -0.2) is 25.7 Å². The standard InChI is InChI=1S/C10H13N3O2S/c1-5(2)4-7-11-10-13(12-7)6(3)8(16-10)9(14)15/h5H,4H2,1-3H3,(H,14,15). The topological polar surface area (TPSA) is 67.5 Å². The van der Waals surface area contributed by atoms with Gasteiger partial charge in [0.05, 0.1) is 5.69 Å². The summed E-state index contributed by atoms with van der Waals surface area (Å²) < 4.78 is 1.62. The molecule has 0 bridgehead atoms. The van der Waals surface area contributed by atoms with Crippen molar-refractivity contribution in [2.75, 3.05) is 0 Å². The Kier molecular flexibility index (Phi) is 2.67. The van der Waals surface area contributed by atoms with Crippen LogP contribution in [0.2, 0.25) is 0 Å². The molecular formula is C10H13N3O2S. The predicted molar refractivity (Wildman–Crippen MR) is 61.1 cm³/mol. The van der Waals surface area contributed by atoms with Crippen molar-refractivity contribution in [3.05, 3.63) is 16.4 Å². The third-order valence-corrected chi connectivity index (χ3v) is 3.37. The van der Waals surface area contributed by atoms with Gasteiger partial charge < -0.3 is 5.11 Å². The first-order chi connectivity index (χ1) is 7.49. The van der Waals surface area contributed by atoms with E-state index in [0.29, 0.717) is 21.4 Å². The van der Waals surface area contributed by atoms with Gasteiger partial charge in [-0.3, -0.25) is 0 Å². The normalized spacial score (nSPS) is 11.5. The molecule has 2 aromatic heterocycles. The van der Waals surface area contributed by atoms with Gasteiger partial charge in [-0.25, -0.2) is 14.3 Å². The average Bonchev–Trinajstić information content (AvgIpc) is 2.65. The zero-order valence-electron chi connectivity index (χ0n) is 9.39. The zero-order valence-corrected chi connectivity index (χ0v) is 10.2. The maximum absolute atomic E-state index is 10.9. The van der Waals surface area contributed by atoms with E-state index in [1.165, 1.54) is 11.3 Å². The molecule has 0 saturated carbocycles. The molecule has 0 unspecified atom stereocenters. The summed E-state index contributed by atoms with van der Waals surface area (Å²) in [5.74, 6) is 0.359. The third kappa shape index (κ3) is 1.80. The number of fused-ring (bicyclic) bond motifs is 1. The van der Waals surface area contributed by atoms with E-state index in [-0.39, 0.29) is 0 Å². The van der Waals surface area contributed by atoms with Crippen molar-refractivity contribution in [3.8, 4) is 0 Å². The fourth-order valence-corrected chi connectivity index (χ4v) is 2.45. The lowest BCUT2D eigenvalue weighted by molar-refractivity contribution is 0.0701. The zero-order chi connectivity index (χ0) is 11.9. The van der Waals surface area contributed by atoms with Gasteiger partial charge in [0.1, 0.15) is 4.88 Å². The van der Waals surface area contributed by atoms with Crippen LogP contribution in [0.1, 0.15) is 35.0 Å². The Bertz CT molecular complexity index is 541. The van der Waals surface area contributed by atoms with Crippen LogP contribution in [0.15, 0.2) is 0 Å². The molecular weight excluding hydrogens is 226 g/mol. The number of aromatic nitrogens is 3. The number of carbonyl (C=O) groups is 1. The van der Waals surface area contributed by atoms with Crippen molar-refractivity contribution in [2.24, 2.45) is 5.92 Å². The third-order valence-electron chi connectivity index (χ3n) is 2.25. The Morgan fingerprint density at radius 3 is 2.75 bits per heavy atom. The molecule has 5 nitrogen and oxygen atoms in total. The number of nitrogens with zero attached hydrogens (tertiary/aromatic N) is 3. The summed E-state index contributed by atoms with van der Waals surface area (Å²) in [4.78, 5) is 16.2. The number of hydrogen-bond donors (Lipinski definition) is 1. The fourth-order valence-electron chi connectivity index (χ4n) is 1.53. The molecule has 0 amide bonds. The molecule has 0 aromatic carbocycles. The summed E-state index contributed by atoms with van der Waals surface area (Å²) in [6, 6.07) is 0. The summed E-state index contributed by atoms with van der Waals surface area (Å²) in [7, 11) is 0. The Morgan fingerprint density at radius 1 is 1.56 bits per heavy atom. The number of carboxylic acid groups (broad SMARTS) is 1. The first-order valence-corrected chi connectivity index (χ1v) is 5.89. The van der Waals surface area contributed by atoms with Gasteiger partial charge in [0.25, 0.3) is 0 Å². The second-order valence-electron chi connectivity index (χ2n) is 4.14. The molecule has 0 radical (unpaired) electrons. The van der Waals surface area contributed by atoms with Crippen LogP contribution >= 0.6 is 11.3 Å². The van der Waals surface area contributed by atoms with E-state index in [1.807, 2.05) is 0 Å². The van der Waals surface area contributed by atoms with E-state index in [4.69, 9.17) is 5.11 Å². The summed E-state index contributed by atoms with van der Waals surface area (Å²) in [6.45, 7) is 5.95. The summed E-state index contributed by atoms with van der Waals surface area (Å²) in [5, 5.41) is 13.2. The summed E-state index contributed by atoms with van der Waals surface area (Å²) >= 11 is 1.17. The van der Waals surface area contributed by atoms with Gasteiger partial charge in [-0.1, -0.05) is 25.2 Å². The maximum Gasteiger partial charge on any atom is 0.347 e. The van der Waals surface area contributed by atoms with Crippen molar-refractivity contribution in [3.63, 3.8) is 0 Å². The molecule has 0 spiro atoms. The molecule has 0 fully saturated rings. The van der Waals surface area contributed by atoms with Crippen molar-refractivity contribution in [1.29, 1.82) is 0 Å². The Labute approximate surface area is 96.7 Å². The quantitative estimate of drug-likeness (QED) is 0.889. The molecule has 0 aliphatic rings. The van der Waals surface area contributed by atoms with Crippen LogP contribution in [0, 0.1) is 12.8 Å². The summed E-state index contributed by atoms with van der Waals surface area (Å²) in [5.41, 5.74) is 0.648. The van der Waals surface area contributed by atoms with Gasteiger partial charge in [-0.05, 0) is 12.8 Å². The molecule has 86 valence electrons. The lowest BCUT2D eigenvalue weighted by Gasteiger charge is -1.97. The van der Waals surface area contributed by atoms with Crippen molar-refractivity contribution >= 4 is 22.3 Å². The van der Waals surface area contributed by atoms with Gasteiger partial charge >= 0.3 is 5.97 Å². The number of rotatable bonds is 3. The maximum atomic E-state index is 10.9. The van der Waals surface area contributed by atoms with Gasteiger partial charge in [0.2, 0.25) is 4.96 Å². The highest BCUT2D eigenvalue weighted by Gasteiger charge is 2.17. The minimum Gasteiger partial charge on any atom is -0.477 e. The van der Waals surface area contributed by atoms with E-state index in [0.717, 1.165) is 12.2 Å². The van der Waals surface area contributed by atoms with Gasteiger partial charge in [-0.15, -0.1) is 0 Å². The van der Waals surface area contributed by atoms with Crippen LogP contribution in [0.4, 0.5) is 0 Å². The smallest absolute Gasteiger partial charge is 0.347 e. The lowest BCUT2D eigenvalue weighted by Crippen LogP contribution is -2.00.